The van der Waals surface area contributed by atoms with Crippen LogP contribution in [0.25, 0.3) is 11.4 Å². The number of H-pyrrole nitrogens is 1. The van der Waals surface area contributed by atoms with E-state index in [0.717, 1.165) is 17.7 Å². The smallest absolute Gasteiger partial charge is 0.177 e. The second kappa shape index (κ2) is 4.15. The number of hydrogen-bond acceptors (Lipinski definition) is 3. The summed E-state index contributed by atoms with van der Waals surface area (Å²) in [4.78, 5) is 0. The fourth-order valence-corrected chi connectivity index (χ4v) is 1.55. The minimum Gasteiger partial charge on any atom is -0.177 e. The Bertz CT molecular complexity index is 505. The Morgan fingerprint density at radius 2 is 2.06 bits per heavy atom. The van der Waals surface area contributed by atoms with Crippen molar-refractivity contribution in [3.05, 3.63) is 29.3 Å². The van der Waals surface area contributed by atoms with E-state index in [1.165, 1.54) is 6.07 Å². The Hall–Kier alpha value is -1.92. The van der Waals surface area contributed by atoms with E-state index in [-0.39, 0.29) is 5.82 Å². The molecule has 7 heteroatoms. The Morgan fingerprint density at radius 1 is 1.29 bits per heavy atom. The van der Waals surface area contributed by atoms with Crippen molar-refractivity contribution in [3.63, 3.8) is 0 Å². The topological polar surface area (TPSA) is 54.5 Å². The van der Waals surface area contributed by atoms with Crippen molar-refractivity contribution in [1.82, 2.24) is 20.6 Å². The average Bonchev–Trinajstić information content (AvgIpc) is 2.80. The molecule has 0 atom stereocenters. The van der Waals surface area contributed by atoms with Gasteiger partial charge in [-0.1, -0.05) is 13.0 Å². The summed E-state index contributed by atoms with van der Waals surface area (Å²) in [5.74, 6) is 0.174. The summed E-state index contributed by atoms with van der Waals surface area (Å²) >= 11 is 0. The molecule has 0 aliphatic heterocycles. The van der Waals surface area contributed by atoms with Crippen molar-refractivity contribution in [2.45, 2.75) is 19.5 Å². The van der Waals surface area contributed by atoms with Gasteiger partial charge in [0, 0.05) is 5.56 Å². The van der Waals surface area contributed by atoms with E-state index >= 15 is 0 Å². The second-order valence-corrected chi connectivity index (χ2v) is 3.46. The molecule has 1 aromatic carbocycles. The molecule has 2 aromatic rings. The fourth-order valence-electron chi connectivity index (χ4n) is 1.55. The van der Waals surface area contributed by atoms with E-state index in [2.05, 4.69) is 20.6 Å². The van der Waals surface area contributed by atoms with E-state index < -0.39 is 11.7 Å². The average molecular weight is 242 g/mol. The first-order valence-corrected chi connectivity index (χ1v) is 4.96. The lowest BCUT2D eigenvalue weighted by molar-refractivity contribution is -0.137. The van der Waals surface area contributed by atoms with Crippen LogP contribution in [0.5, 0.6) is 0 Å². The molecular formula is C10H9F3N4. The first-order valence-electron chi connectivity index (χ1n) is 4.96. The van der Waals surface area contributed by atoms with E-state index in [9.17, 15) is 13.2 Å². The van der Waals surface area contributed by atoms with Gasteiger partial charge in [0.2, 0.25) is 5.82 Å². The van der Waals surface area contributed by atoms with Gasteiger partial charge in [-0.3, -0.25) is 0 Å². The van der Waals surface area contributed by atoms with Crippen LogP contribution in [0, 0.1) is 0 Å². The van der Waals surface area contributed by atoms with Gasteiger partial charge in [-0.05, 0) is 29.3 Å². The van der Waals surface area contributed by atoms with Crippen LogP contribution in [-0.4, -0.2) is 20.6 Å². The number of nitrogens with zero attached hydrogens (tertiary/aromatic N) is 3. The number of tetrazole rings is 1. The van der Waals surface area contributed by atoms with Gasteiger partial charge >= 0.3 is 6.18 Å². The van der Waals surface area contributed by atoms with Crippen molar-refractivity contribution >= 4 is 0 Å². The number of benzene rings is 1. The lowest BCUT2D eigenvalue weighted by atomic mass is 10.0. The van der Waals surface area contributed by atoms with Gasteiger partial charge in [0.25, 0.3) is 0 Å². The lowest BCUT2D eigenvalue weighted by Crippen LogP contribution is -2.06. The van der Waals surface area contributed by atoms with Gasteiger partial charge in [-0.15, -0.1) is 10.2 Å². The van der Waals surface area contributed by atoms with Crippen LogP contribution >= 0.6 is 0 Å². The van der Waals surface area contributed by atoms with Gasteiger partial charge in [0.15, 0.2) is 0 Å². The molecule has 1 aromatic heterocycles. The summed E-state index contributed by atoms with van der Waals surface area (Å²) in [6.45, 7) is 1.85. The molecule has 0 aliphatic carbocycles. The van der Waals surface area contributed by atoms with E-state index in [1.807, 2.05) is 6.92 Å². The maximum atomic E-state index is 12.6. The summed E-state index contributed by atoms with van der Waals surface area (Å²) < 4.78 is 37.7. The number of nitrogens with one attached hydrogen (secondary N) is 1. The summed E-state index contributed by atoms with van der Waals surface area (Å²) in [5.41, 5.74) is 0.393. The molecule has 2 rings (SSSR count). The van der Waals surface area contributed by atoms with Crippen molar-refractivity contribution in [3.8, 4) is 11.4 Å². The zero-order chi connectivity index (χ0) is 12.5. The van der Waals surface area contributed by atoms with Crippen LogP contribution in [-0.2, 0) is 12.6 Å². The zero-order valence-corrected chi connectivity index (χ0v) is 8.91. The van der Waals surface area contributed by atoms with E-state index in [4.69, 9.17) is 0 Å². The van der Waals surface area contributed by atoms with Crippen molar-refractivity contribution < 1.29 is 13.2 Å². The van der Waals surface area contributed by atoms with Gasteiger partial charge in [0.1, 0.15) is 0 Å². The number of aromatic amines is 1. The first kappa shape index (κ1) is 11.6. The standard InChI is InChI=1S/C10H9F3N4/c1-2-6-3-4-7(10(11,12)13)5-8(6)9-14-16-17-15-9/h3-5H,2H2,1H3,(H,14,15,16,17). The molecule has 90 valence electrons. The van der Waals surface area contributed by atoms with Crippen molar-refractivity contribution in [2.24, 2.45) is 0 Å². The highest BCUT2D eigenvalue weighted by Gasteiger charge is 2.31. The minimum absolute atomic E-state index is 0.174. The molecule has 0 bridgehead atoms. The second-order valence-electron chi connectivity index (χ2n) is 3.46. The Balaban J connectivity index is 2.55. The molecule has 0 amide bonds. The molecule has 0 aliphatic rings. The fraction of sp³-hybridized carbons (Fsp3) is 0.300. The Labute approximate surface area is 94.9 Å². The van der Waals surface area contributed by atoms with Crippen LogP contribution in [0.4, 0.5) is 13.2 Å². The van der Waals surface area contributed by atoms with Gasteiger partial charge < -0.3 is 0 Å². The van der Waals surface area contributed by atoms with Crippen LogP contribution in [0.3, 0.4) is 0 Å². The van der Waals surface area contributed by atoms with Gasteiger partial charge in [0.05, 0.1) is 5.56 Å². The first-order chi connectivity index (χ1) is 8.02. The largest absolute Gasteiger partial charge is 0.416 e. The normalized spacial score (nSPS) is 11.8. The van der Waals surface area contributed by atoms with Crippen molar-refractivity contribution in [1.29, 1.82) is 0 Å². The Morgan fingerprint density at radius 3 is 2.59 bits per heavy atom. The number of alkyl halides is 3. The number of hydrogen-bond donors (Lipinski definition) is 1. The number of aryl methyl sites for hydroxylation is 1. The highest BCUT2D eigenvalue weighted by molar-refractivity contribution is 5.61. The predicted molar refractivity (Wildman–Crippen MR) is 54.0 cm³/mol. The molecule has 0 radical (unpaired) electrons. The van der Waals surface area contributed by atoms with Crippen molar-refractivity contribution in [2.75, 3.05) is 0 Å². The monoisotopic (exact) mass is 242 g/mol. The van der Waals surface area contributed by atoms with E-state index in [1.54, 1.807) is 0 Å². The van der Waals surface area contributed by atoms with Crippen LogP contribution in [0.1, 0.15) is 18.1 Å². The molecule has 0 saturated heterocycles. The third kappa shape index (κ3) is 2.27. The van der Waals surface area contributed by atoms with Crippen LogP contribution in [0.2, 0.25) is 0 Å². The highest BCUT2D eigenvalue weighted by atomic mass is 19.4. The van der Waals surface area contributed by atoms with Crippen LogP contribution < -0.4 is 0 Å². The lowest BCUT2D eigenvalue weighted by Gasteiger charge is -2.10. The molecule has 0 unspecified atom stereocenters. The Kier molecular flexibility index (Phi) is 2.83. The third-order valence-corrected chi connectivity index (χ3v) is 2.40. The van der Waals surface area contributed by atoms with Gasteiger partial charge in [-0.2, -0.15) is 18.4 Å². The summed E-state index contributed by atoms with van der Waals surface area (Å²) in [6, 6.07) is 3.54. The molecule has 1 heterocycles. The number of aromatic nitrogens is 4. The minimum atomic E-state index is -4.37. The molecule has 0 spiro atoms. The quantitative estimate of drug-likeness (QED) is 0.880. The maximum absolute atomic E-state index is 12.6. The number of rotatable bonds is 2. The predicted octanol–water partition coefficient (Wildman–Crippen LogP) is 2.45. The molecule has 0 saturated carbocycles. The zero-order valence-electron chi connectivity index (χ0n) is 8.91. The highest BCUT2D eigenvalue weighted by Crippen LogP contribution is 2.33. The molecule has 0 fully saturated rings. The molecular weight excluding hydrogens is 233 g/mol. The molecule has 17 heavy (non-hydrogen) atoms. The molecule has 4 nitrogen and oxygen atoms in total. The summed E-state index contributed by atoms with van der Waals surface area (Å²) in [6.07, 6.45) is -3.77. The summed E-state index contributed by atoms with van der Waals surface area (Å²) in [7, 11) is 0. The maximum Gasteiger partial charge on any atom is 0.416 e. The SMILES string of the molecule is CCc1ccc(C(F)(F)F)cc1-c1nn[nH]n1. The number of halogens is 3. The molecule has 1 N–H and O–H groups in total. The van der Waals surface area contributed by atoms with E-state index in [0.29, 0.717) is 12.0 Å². The van der Waals surface area contributed by atoms with Crippen LogP contribution in [0.15, 0.2) is 18.2 Å². The third-order valence-electron chi connectivity index (χ3n) is 2.40. The van der Waals surface area contributed by atoms with Gasteiger partial charge in [-0.25, -0.2) is 0 Å². The summed E-state index contributed by atoms with van der Waals surface area (Å²) in [5, 5.41) is 13.0.